The molecule has 0 spiro atoms. The van der Waals surface area contributed by atoms with Gasteiger partial charge in [-0.2, -0.15) is 9.97 Å². The van der Waals surface area contributed by atoms with Crippen LogP contribution in [0, 0.1) is 0 Å². The van der Waals surface area contributed by atoms with Crippen LogP contribution in [-0.4, -0.2) is 19.9 Å². The Morgan fingerprint density at radius 3 is 1.45 bits per heavy atom. The first-order valence-electron chi connectivity index (χ1n) is 11.8. The zero-order valence-corrected chi connectivity index (χ0v) is 21.1. The first-order chi connectivity index (χ1) is 18.7. The Morgan fingerprint density at radius 1 is 0.500 bits per heavy atom. The van der Waals surface area contributed by atoms with Gasteiger partial charge in [-0.15, -0.1) is 0 Å². The summed E-state index contributed by atoms with van der Waals surface area (Å²) in [6, 6.07) is 28.7. The van der Waals surface area contributed by atoms with Crippen molar-refractivity contribution in [2.24, 2.45) is 0 Å². The lowest BCUT2D eigenvalue weighted by atomic mass is 10.1. The van der Waals surface area contributed by atoms with Crippen LogP contribution in [0.1, 0.15) is 0 Å². The molecule has 38 heavy (non-hydrogen) atoms. The van der Waals surface area contributed by atoms with Crippen molar-refractivity contribution in [3.8, 4) is 11.1 Å². The molecule has 0 aliphatic carbocycles. The van der Waals surface area contributed by atoms with Gasteiger partial charge < -0.3 is 8.83 Å². The molecule has 0 aliphatic rings. The number of oxazole rings is 2. The summed E-state index contributed by atoms with van der Waals surface area (Å²) in [6.45, 7) is 0. The Balaban J connectivity index is 1.07. The average Bonchev–Trinajstić information content (AvgIpc) is 3.70. The molecule has 4 aromatic carbocycles. The van der Waals surface area contributed by atoms with E-state index >= 15 is 0 Å². The summed E-state index contributed by atoms with van der Waals surface area (Å²) in [5.41, 5.74) is 6.75. The molecule has 4 heterocycles. The van der Waals surface area contributed by atoms with Gasteiger partial charge in [0.15, 0.2) is 21.4 Å². The van der Waals surface area contributed by atoms with Crippen LogP contribution in [0.2, 0.25) is 0 Å². The molecular formula is C28H16N6O2S2. The van der Waals surface area contributed by atoms with Gasteiger partial charge in [0.05, 0.1) is 20.4 Å². The molecule has 8 aromatic rings. The minimum atomic E-state index is 0.410. The topological polar surface area (TPSA) is 102 Å². The van der Waals surface area contributed by atoms with E-state index in [9.17, 15) is 0 Å². The molecule has 10 heteroatoms. The number of nitrogens with zero attached hydrogens (tertiary/aromatic N) is 4. The fraction of sp³-hybridized carbons (Fsp3) is 0. The lowest BCUT2D eigenvalue weighted by molar-refractivity contribution is 0.622. The van der Waals surface area contributed by atoms with Gasteiger partial charge in [-0.3, -0.25) is 10.6 Å². The summed E-state index contributed by atoms with van der Waals surface area (Å²) in [5, 5.41) is 7.86. The minimum absolute atomic E-state index is 0.410. The molecule has 8 rings (SSSR count). The first kappa shape index (κ1) is 21.3. The van der Waals surface area contributed by atoms with Gasteiger partial charge in [0.25, 0.3) is 0 Å². The molecule has 0 atom stereocenters. The van der Waals surface area contributed by atoms with Crippen molar-refractivity contribution >= 4 is 87.6 Å². The monoisotopic (exact) mass is 532 g/mol. The second-order valence-corrected chi connectivity index (χ2v) is 10.7. The molecule has 0 radical (unpaired) electrons. The lowest BCUT2D eigenvalue weighted by Gasteiger charge is -2.00. The van der Waals surface area contributed by atoms with E-state index in [4.69, 9.17) is 8.83 Å². The van der Waals surface area contributed by atoms with E-state index in [1.807, 2.05) is 84.9 Å². The van der Waals surface area contributed by atoms with Gasteiger partial charge in [-0.05, 0) is 59.7 Å². The van der Waals surface area contributed by atoms with E-state index in [2.05, 4.69) is 30.6 Å². The number of anilines is 4. The number of benzene rings is 4. The third-order valence-corrected chi connectivity index (χ3v) is 8.03. The number of nitrogens with one attached hydrogen (secondary N) is 2. The number of thiazole rings is 2. The van der Waals surface area contributed by atoms with Crippen LogP contribution in [0.3, 0.4) is 0 Å². The second-order valence-electron chi connectivity index (χ2n) is 8.63. The zero-order valence-electron chi connectivity index (χ0n) is 19.5. The standard InChI is InChI=1S/C28H16N6O2S2/c1-3-7-23-19(5-1)31-27(37-23)33-25-29-17-11-9-15(13-21(17)35-25)16-10-12-18-22(14-16)36-26(30-18)34-28-32-20-6-2-4-8-24(20)38-28/h1-14H,(H,29,31,33)(H,30,32,34). The SMILES string of the molecule is c1ccc2sc(Nc3nc4ccc(-c5ccc6nc(Nc7nc8ccccc8s7)oc6c5)cc4o3)nc2c1. The Labute approximate surface area is 222 Å². The highest BCUT2D eigenvalue weighted by atomic mass is 32.1. The van der Waals surface area contributed by atoms with Crippen LogP contribution >= 0.6 is 22.7 Å². The highest BCUT2D eigenvalue weighted by Crippen LogP contribution is 2.33. The van der Waals surface area contributed by atoms with E-state index in [1.165, 1.54) is 0 Å². The number of rotatable bonds is 5. The number of fused-ring (bicyclic) bond motifs is 4. The summed E-state index contributed by atoms with van der Waals surface area (Å²) in [6.07, 6.45) is 0. The maximum absolute atomic E-state index is 6.01. The number of hydrogen-bond donors (Lipinski definition) is 2. The molecule has 182 valence electrons. The van der Waals surface area contributed by atoms with Crippen molar-refractivity contribution in [2.75, 3.05) is 10.6 Å². The predicted molar refractivity (Wildman–Crippen MR) is 153 cm³/mol. The van der Waals surface area contributed by atoms with Crippen LogP contribution in [0.5, 0.6) is 0 Å². The van der Waals surface area contributed by atoms with Gasteiger partial charge in [-0.1, -0.05) is 59.1 Å². The molecule has 0 amide bonds. The normalized spacial score (nSPS) is 11.7. The van der Waals surface area contributed by atoms with Crippen LogP contribution in [-0.2, 0) is 0 Å². The zero-order chi connectivity index (χ0) is 25.1. The molecule has 0 saturated heterocycles. The molecule has 8 nitrogen and oxygen atoms in total. The molecule has 0 bridgehead atoms. The summed E-state index contributed by atoms with van der Waals surface area (Å²) in [7, 11) is 0. The highest BCUT2D eigenvalue weighted by molar-refractivity contribution is 7.22. The quantitative estimate of drug-likeness (QED) is 0.228. The Hall–Kier alpha value is -4.80. The van der Waals surface area contributed by atoms with Gasteiger partial charge in [0.2, 0.25) is 0 Å². The number of aromatic nitrogens is 4. The smallest absolute Gasteiger partial charge is 0.302 e. The Bertz CT molecular complexity index is 1900. The first-order valence-corrected chi connectivity index (χ1v) is 13.4. The Morgan fingerprint density at radius 2 is 0.974 bits per heavy atom. The fourth-order valence-corrected chi connectivity index (χ4v) is 6.06. The fourth-order valence-electron chi connectivity index (χ4n) is 4.35. The van der Waals surface area contributed by atoms with Crippen molar-refractivity contribution in [1.82, 2.24) is 19.9 Å². The molecule has 0 fully saturated rings. The van der Waals surface area contributed by atoms with Crippen LogP contribution in [0.25, 0.3) is 53.8 Å². The molecule has 4 aromatic heterocycles. The third kappa shape index (κ3) is 3.74. The molecule has 0 unspecified atom stereocenters. The maximum atomic E-state index is 6.01. The molecule has 0 aliphatic heterocycles. The van der Waals surface area contributed by atoms with Crippen molar-refractivity contribution in [1.29, 1.82) is 0 Å². The lowest BCUT2D eigenvalue weighted by Crippen LogP contribution is -1.88. The van der Waals surface area contributed by atoms with Crippen molar-refractivity contribution in [3.63, 3.8) is 0 Å². The van der Waals surface area contributed by atoms with E-state index in [1.54, 1.807) is 22.7 Å². The second kappa shape index (κ2) is 8.37. The molecule has 2 N–H and O–H groups in total. The van der Waals surface area contributed by atoms with Gasteiger partial charge in [-0.25, -0.2) is 9.97 Å². The minimum Gasteiger partial charge on any atom is -0.423 e. The third-order valence-electron chi connectivity index (χ3n) is 6.13. The van der Waals surface area contributed by atoms with Crippen LogP contribution in [0.4, 0.5) is 22.3 Å². The summed E-state index contributed by atoms with van der Waals surface area (Å²) in [5.74, 6) is 0. The molecule has 0 saturated carbocycles. The average molecular weight is 533 g/mol. The summed E-state index contributed by atoms with van der Waals surface area (Å²) in [4.78, 5) is 18.3. The van der Waals surface area contributed by atoms with Crippen LogP contribution in [0.15, 0.2) is 93.8 Å². The van der Waals surface area contributed by atoms with Gasteiger partial charge in [0.1, 0.15) is 11.0 Å². The predicted octanol–water partition coefficient (Wildman–Crippen LogP) is 8.34. The number of hydrogen-bond acceptors (Lipinski definition) is 10. The van der Waals surface area contributed by atoms with E-state index < -0.39 is 0 Å². The van der Waals surface area contributed by atoms with E-state index in [0.29, 0.717) is 23.2 Å². The molecular weight excluding hydrogens is 516 g/mol. The van der Waals surface area contributed by atoms with Crippen molar-refractivity contribution in [3.05, 3.63) is 84.9 Å². The highest BCUT2D eigenvalue weighted by Gasteiger charge is 2.13. The van der Waals surface area contributed by atoms with Gasteiger partial charge in [0, 0.05) is 0 Å². The van der Waals surface area contributed by atoms with E-state index in [-0.39, 0.29) is 0 Å². The van der Waals surface area contributed by atoms with Crippen molar-refractivity contribution < 1.29 is 8.83 Å². The summed E-state index contributed by atoms with van der Waals surface area (Å²) >= 11 is 3.12. The van der Waals surface area contributed by atoms with Crippen LogP contribution < -0.4 is 10.6 Å². The van der Waals surface area contributed by atoms with E-state index in [0.717, 1.165) is 52.9 Å². The van der Waals surface area contributed by atoms with Crippen molar-refractivity contribution in [2.45, 2.75) is 0 Å². The maximum Gasteiger partial charge on any atom is 0.302 e. The van der Waals surface area contributed by atoms with Gasteiger partial charge >= 0.3 is 12.0 Å². The summed E-state index contributed by atoms with van der Waals surface area (Å²) < 4.78 is 14.2. The largest absolute Gasteiger partial charge is 0.423 e. The number of para-hydroxylation sites is 2. The Kier molecular flexibility index (Phi) is 4.69.